The maximum Gasteiger partial charge on any atom is 0.333 e. The zero-order valence-corrected chi connectivity index (χ0v) is 24.0. The lowest BCUT2D eigenvalue weighted by molar-refractivity contribution is -0.230. The Labute approximate surface area is 241 Å². The fraction of sp³-hybridized carbons (Fsp3) is 0.893. The van der Waals surface area contributed by atoms with E-state index >= 15 is 0 Å². The van der Waals surface area contributed by atoms with Crippen LogP contribution in [0.2, 0.25) is 0 Å². The van der Waals surface area contributed by atoms with Gasteiger partial charge in [-0.05, 0) is 77.9 Å². The number of rotatable bonds is 16. The molecule has 3 fully saturated rings. The summed E-state index contributed by atoms with van der Waals surface area (Å²) < 4.78 is 11.6. The van der Waals surface area contributed by atoms with E-state index in [1.54, 1.807) is 0 Å². The van der Waals surface area contributed by atoms with Crippen LogP contribution in [0.5, 0.6) is 0 Å². The molecule has 0 spiro atoms. The Bertz CT molecular complexity index is 828. The van der Waals surface area contributed by atoms with E-state index in [1.807, 2.05) is 6.92 Å². The molecule has 5 N–H and O–H groups in total. The number of aliphatic hydroxyl groups excluding tert-OH is 5. The van der Waals surface area contributed by atoms with Gasteiger partial charge < -0.3 is 44.7 Å². The number of hydroxylamine groups is 2. The Morgan fingerprint density at radius 3 is 2.10 bits per heavy atom. The summed E-state index contributed by atoms with van der Waals surface area (Å²) in [6.45, 7) is 3.75. The van der Waals surface area contributed by atoms with Crippen LogP contribution < -0.4 is 0 Å². The summed E-state index contributed by atoms with van der Waals surface area (Å²) in [7, 11) is 0. The van der Waals surface area contributed by atoms with Crippen molar-refractivity contribution >= 4 is 17.8 Å². The van der Waals surface area contributed by atoms with E-state index < -0.39 is 61.0 Å². The molecule has 3 heterocycles. The molecule has 0 aromatic rings. The fourth-order valence-electron chi connectivity index (χ4n) is 5.68. The minimum atomic E-state index is -1.39. The van der Waals surface area contributed by atoms with Gasteiger partial charge in [-0.3, -0.25) is 9.59 Å². The Morgan fingerprint density at radius 1 is 0.829 bits per heavy atom. The van der Waals surface area contributed by atoms with Gasteiger partial charge in [0, 0.05) is 19.3 Å². The second kappa shape index (κ2) is 16.8. The van der Waals surface area contributed by atoms with Crippen molar-refractivity contribution in [2.45, 2.75) is 133 Å². The normalized spacial score (nSPS) is 32.6. The van der Waals surface area contributed by atoms with Crippen molar-refractivity contribution in [3.63, 3.8) is 0 Å². The number of hydrogen-bond acceptors (Lipinski definition) is 12. The highest BCUT2D eigenvalue weighted by atomic mass is 16.7. The molecule has 0 bridgehead atoms. The summed E-state index contributed by atoms with van der Waals surface area (Å²) in [6.07, 6.45) is 0.345. The van der Waals surface area contributed by atoms with Crippen molar-refractivity contribution in [2.75, 3.05) is 26.2 Å². The number of nitrogens with zero attached hydrogens (tertiary/aromatic N) is 2. The highest BCUT2D eigenvalue weighted by molar-refractivity contribution is 6.01. The number of carbonyl (C=O) groups excluding carboxylic acids is 3. The second-order valence-electron chi connectivity index (χ2n) is 11.5. The number of ether oxygens (including phenoxy) is 2. The summed E-state index contributed by atoms with van der Waals surface area (Å²) in [6, 6.07) is 0. The largest absolute Gasteiger partial charge is 0.394 e. The molecule has 0 radical (unpaired) electrons. The summed E-state index contributed by atoms with van der Waals surface area (Å²) in [5, 5.41) is 50.7. The third-order valence-electron chi connectivity index (χ3n) is 8.18. The SMILES string of the molecule is C[C@H]1CC[C@H](O)[C@H](CCCN(CCCCCC(=O)ON2C(=O)CCC2=O)CCC[C@H]2O[C@H](CO)[C@@H](O)[C@H](O)[C@@H]2O)O1. The Hall–Kier alpha value is -1.71. The van der Waals surface area contributed by atoms with Gasteiger partial charge in [0.05, 0.1) is 31.0 Å². The highest BCUT2D eigenvalue weighted by Gasteiger charge is 2.43. The van der Waals surface area contributed by atoms with Gasteiger partial charge in [0.25, 0.3) is 11.8 Å². The summed E-state index contributed by atoms with van der Waals surface area (Å²) in [5.41, 5.74) is 0. The molecule has 0 saturated carbocycles. The Morgan fingerprint density at radius 2 is 1.44 bits per heavy atom. The number of hydrogen-bond donors (Lipinski definition) is 5. The zero-order valence-electron chi connectivity index (χ0n) is 24.0. The van der Waals surface area contributed by atoms with Crippen LogP contribution in [0.25, 0.3) is 0 Å². The molecule has 3 aliphatic heterocycles. The molecular weight excluding hydrogens is 540 g/mol. The first kappa shape index (κ1) is 33.8. The van der Waals surface area contributed by atoms with Crippen LogP contribution in [-0.4, -0.2) is 128 Å². The van der Waals surface area contributed by atoms with Crippen LogP contribution in [0, 0.1) is 0 Å². The van der Waals surface area contributed by atoms with Gasteiger partial charge in [0.2, 0.25) is 0 Å². The molecule has 0 aromatic carbocycles. The Kier molecular flexibility index (Phi) is 13.8. The standard InChI is InChI=1S/C28H48N2O11/c1-18-10-11-19(32)20(39-18)7-5-15-29(16-6-8-21-26(36)28(38)27(37)22(17-31)40-21)14-4-2-3-9-25(35)41-30-23(33)12-13-24(30)34/h18-22,26-28,31-32,36-38H,2-17H2,1H3/t18-,19-,20-,21+,22+,26+,27+,28+/m0/s1. The van der Waals surface area contributed by atoms with Crippen LogP contribution >= 0.6 is 0 Å². The third kappa shape index (κ3) is 10.2. The molecule has 2 amide bonds. The maximum absolute atomic E-state index is 12.0. The van der Waals surface area contributed by atoms with Crippen molar-refractivity contribution < 1.29 is 54.2 Å². The van der Waals surface area contributed by atoms with Crippen molar-refractivity contribution in [1.29, 1.82) is 0 Å². The molecule has 3 saturated heterocycles. The smallest absolute Gasteiger partial charge is 0.333 e. The van der Waals surface area contributed by atoms with Gasteiger partial charge in [-0.2, -0.15) is 0 Å². The first-order valence-corrected chi connectivity index (χ1v) is 15.0. The van der Waals surface area contributed by atoms with E-state index in [-0.39, 0.29) is 31.5 Å². The average Bonchev–Trinajstić information content (AvgIpc) is 3.26. The van der Waals surface area contributed by atoms with E-state index in [2.05, 4.69) is 4.90 Å². The average molecular weight is 589 g/mol. The number of imide groups is 1. The van der Waals surface area contributed by atoms with E-state index in [1.165, 1.54) is 0 Å². The van der Waals surface area contributed by atoms with E-state index in [9.17, 15) is 39.9 Å². The lowest BCUT2D eigenvalue weighted by Gasteiger charge is -2.40. The quantitative estimate of drug-likeness (QED) is 0.118. The number of aliphatic hydroxyl groups is 5. The Balaban J connectivity index is 1.42. The molecule has 13 heteroatoms. The van der Waals surface area contributed by atoms with Gasteiger partial charge in [-0.15, -0.1) is 5.06 Å². The second-order valence-corrected chi connectivity index (χ2v) is 11.5. The third-order valence-corrected chi connectivity index (χ3v) is 8.18. The van der Waals surface area contributed by atoms with Crippen LogP contribution in [0.15, 0.2) is 0 Å². The molecule has 8 atom stereocenters. The zero-order chi connectivity index (χ0) is 29.9. The highest BCUT2D eigenvalue weighted by Crippen LogP contribution is 2.25. The lowest BCUT2D eigenvalue weighted by Crippen LogP contribution is -2.58. The monoisotopic (exact) mass is 588 g/mol. The summed E-state index contributed by atoms with van der Waals surface area (Å²) in [4.78, 5) is 42.4. The maximum atomic E-state index is 12.0. The fourth-order valence-corrected chi connectivity index (χ4v) is 5.68. The molecule has 13 nitrogen and oxygen atoms in total. The predicted octanol–water partition coefficient (Wildman–Crippen LogP) is -0.213. The number of carbonyl (C=O) groups is 3. The van der Waals surface area contributed by atoms with Crippen LogP contribution in [0.3, 0.4) is 0 Å². The van der Waals surface area contributed by atoms with Gasteiger partial charge in [-0.1, -0.05) is 6.42 Å². The first-order chi connectivity index (χ1) is 19.6. The molecule has 41 heavy (non-hydrogen) atoms. The summed E-state index contributed by atoms with van der Waals surface area (Å²) >= 11 is 0. The van der Waals surface area contributed by atoms with E-state index in [0.717, 1.165) is 51.6 Å². The van der Waals surface area contributed by atoms with Crippen molar-refractivity contribution in [3.05, 3.63) is 0 Å². The van der Waals surface area contributed by atoms with E-state index in [0.29, 0.717) is 30.9 Å². The van der Waals surface area contributed by atoms with Crippen LogP contribution in [0.1, 0.15) is 84.0 Å². The van der Waals surface area contributed by atoms with Gasteiger partial charge in [0.15, 0.2) is 0 Å². The number of unbranched alkanes of at least 4 members (excludes halogenated alkanes) is 2. The summed E-state index contributed by atoms with van der Waals surface area (Å²) in [5.74, 6) is -1.60. The topological polar surface area (TPSA) is 187 Å². The molecule has 0 unspecified atom stereocenters. The molecule has 236 valence electrons. The molecule has 3 aliphatic rings. The molecule has 0 aliphatic carbocycles. The minimum Gasteiger partial charge on any atom is -0.394 e. The predicted molar refractivity (Wildman–Crippen MR) is 144 cm³/mol. The van der Waals surface area contributed by atoms with Crippen molar-refractivity contribution in [1.82, 2.24) is 9.96 Å². The number of amides is 2. The van der Waals surface area contributed by atoms with Gasteiger partial charge in [-0.25, -0.2) is 4.79 Å². The molecule has 0 aromatic heterocycles. The first-order valence-electron chi connectivity index (χ1n) is 15.0. The molecular formula is C28H48N2O11. The lowest BCUT2D eigenvalue weighted by atomic mass is 9.93. The van der Waals surface area contributed by atoms with Gasteiger partial charge in [0.1, 0.15) is 24.4 Å². The van der Waals surface area contributed by atoms with Crippen molar-refractivity contribution in [2.24, 2.45) is 0 Å². The minimum absolute atomic E-state index is 0.0587. The van der Waals surface area contributed by atoms with Crippen LogP contribution in [-0.2, 0) is 28.7 Å². The van der Waals surface area contributed by atoms with Crippen molar-refractivity contribution in [3.8, 4) is 0 Å². The molecule has 3 rings (SSSR count). The van der Waals surface area contributed by atoms with E-state index in [4.69, 9.17) is 14.3 Å². The van der Waals surface area contributed by atoms with Crippen LogP contribution in [0.4, 0.5) is 0 Å². The van der Waals surface area contributed by atoms with Gasteiger partial charge >= 0.3 is 5.97 Å².